The summed E-state index contributed by atoms with van der Waals surface area (Å²) < 4.78 is 37.7. The molecule has 6 heteroatoms. The molecule has 0 unspecified atom stereocenters. The van der Waals surface area contributed by atoms with E-state index in [2.05, 4.69) is 10.6 Å². The van der Waals surface area contributed by atoms with Crippen LogP contribution in [-0.4, -0.2) is 24.2 Å². The third-order valence-corrected chi connectivity index (χ3v) is 2.94. The largest absolute Gasteiger partial charge is 0.406 e. The van der Waals surface area contributed by atoms with Crippen LogP contribution in [0.25, 0.3) is 0 Å². The van der Waals surface area contributed by atoms with Gasteiger partial charge in [-0.15, -0.1) is 0 Å². The molecule has 0 bridgehead atoms. The zero-order valence-corrected chi connectivity index (χ0v) is 9.55. The van der Waals surface area contributed by atoms with E-state index >= 15 is 0 Å². The van der Waals surface area contributed by atoms with Gasteiger partial charge in [0.1, 0.15) is 5.54 Å². The summed E-state index contributed by atoms with van der Waals surface area (Å²) in [7, 11) is 0. The van der Waals surface area contributed by atoms with Crippen molar-refractivity contribution in [1.29, 1.82) is 0 Å². The fourth-order valence-electron chi connectivity index (χ4n) is 1.66. The van der Waals surface area contributed by atoms with Crippen LogP contribution in [0.2, 0.25) is 0 Å². The smallest absolute Gasteiger partial charge is 0.325 e. The lowest BCUT2D eigenvalue weighted by atomic mass is 10.2. The van der Waals surface area contributed by atoms with Crippen LogP contribution >= 0.6 is 0 Å². The number of para-hydroxylation sites is 1. The van der Waals surface area contributed by atoms with Crippen LogP contribution in [-0.2, 0) is 4.79 Å². The number of alkyl halides is 3. The number of carbonyl (C=O) groups is 1. The number of rotatable bonds is 4. The zero-order valence-electron chi connectivity index (χ0n) is 9.55. The van der Waals surface area contributed by atoms with E-state index in [1.54, 1.807) is 30.3 Å². The Morgan fingerprint density at radius 3 is 2.33 bits per heavy atom. The molecule has 0 heterocycles. The van der Waals surface area contributed by atoms with Gasteiger partial charge in [-0.25, -0.2) is 0 Å². The quantitative estimate of drug-likeness (QED) is 0.870. The Balaban J connectivity index is 1.83. The van der Waals surface area contributed by atoms with E-state index in [0.717, 1.165) is 0 Å². The number of hydrogen-bond acceptors (Lipinski definition) is 2. The van der Waals surface area contributed by atoms with E-state index in [4.69, 9.17) is 0 Å². The van der Waals surface area contributed by atoms with Gasteiger partial charge < -0.3 is 5.32 Å². The predicted octanol–water partition coefficient (Wildman–Crippen LogP) is 2.31. The van der Waals surface area contributed by atoms with Gasteiger partial charge in [0.25, 0.3) is 0 Å². The second-order valence-electron chi connectivity index (χ2n) is 4.35. The van der Waals surface area contributed by atoms with Gasteiger partial charge in [0.05, 0.1) is 6.54 Å². The summed E-state index contributed by atoms with van der Waals surface area (Å²) in [5.74, 6) is -0.475. The normalized spacial score (nSPS) is 17.3. The summed E-state index contributed by atoms with van der Waals surface area (Å²) in [6.07, 6.45) is -4.22. The van der Waals surface area contributed by atoms with Gasteiger partial charge in [-0.1, -0.05) is 18.2 Å². The van der Waals surface area contributed by atoms with Crippen LogP contribution in [0.3, 0.4) is 0 Å². The highest BCUT2D eigenvalue weighted by molar-refractivity contribution is 5.92. The summed E-state index contributed by atoms with van der Waals surface area (Å²) in [6, 6.07) is 8.61. The SMILES string of the molecule is O=C(CNC1(C(F)(F)F)CC1)Nc1ccccc1. The topological polar surface area (TPSA) is 41.1 Å². The van der Waals surface area contributed by atoms with Crippen LogP contribution < -0.4 is 10.6 Å². The first kappa shape index (κ1) is 12.9. The molecule has 2 rings (SSSR count). The fourth-order valence-corrected chi connectivity index (χ4v) is 1.66. The van der Waals surface area contributed by atoms with Crippen molar-refractivity contribution in [1.82, 2.24) is 5.32 Å². The Morgan fingerprint density at radius 1 is 1.22 bits per heavy atom. The maximum absolute atomic E-state index is 12.6. The Bertz CT molecular complexity index is 427. The third kappa shape index (κ3) is 2.81. The Hall–Kier alpha value is -1.56. The highest BCUT2D eigenvalue weighted by Crippen LogP contribution is 2.48. The molecule has 18 heavy (non-hydrogen) atoms. The standard InChI is InChI=1S/C12H13F3N2O/c13-12(14,15)11(6-7-11)16-8-10(18)17-9-4-2-1-3-5-9/h1-5,16H,6-8H2,(H,17,18). The average Bonchev–Trinajstić information content (AvgIpc) is 3.08. The minimum atomic E-state index is -4.29. The van der Waals surface area contributed by atoms with Crippen molar-refractivity contribution in [3.8, 4) is 0 Å². The summed E-state index contributed by atoms with van der Waals surface area (Å²) in [5.41, 5.74) is -1.28. The number of hydrogen-bond donors (Lipinski definition) is 2. The summed E-state index contributed by atoms with van der Waals surface area (Å²) in [4.78, 5) is 11.5. The van der Waals surface area contributed by atoms with Crippen molar-refractivity contribution < 1.29 is 18.0 Å². The van der Waals surface area contributed by atoms with Crippen molar-refractivity contribution in [2.45, 2.75) is 24.6 Å². The fraction of sp³-hybridized carbons (Fsp3) is 0.417. The van der Waals surface area contributed by atoms with Crippen molar-refractivity contribution in [3.05, 3.63) is 30.3 Å². The molecule has 1 aromatic rings. The minimum Gasteiger partial charge on any atom is -0.325 e. The molecule has 0 radical (unpaired) electrons. The summed E-state index contributed by atoms with van der Waals surface area (Å²) in [5, 5.41) is 4.82. The second-order valence-corrected chi connectivity index (χ2v) is 4.35. The molecule has 1 aliphatic rings. The number of halogens is 3. The number of carbonyl (C=O) groups excluding carboxylic acids is 1. The van der Waals surface area contributed by atoms with Crippen LogP contribution in [0, 0.1) is 0 Å². The number of anilines is 1. The van der Waals surface area contributed by atoms with Gasteiger partial charge in [0.2, 0.25) is 5.91 Å². The van der Waals surface area contributed by atoms with Gasteiger partial charge in [-0.05, 0) is 25.0 Å². The first-order valence-electron chi connectivity index (χ1n) is 5.60. The molecular weight excluding hydrogens is 245 g/mol. The van der Waals surface area contributed by atoms with Gasteiger partial charge in [0.15, 0.2) is 0 Å². The van der Waals surface area contributed by atoms with Crippen molar-refractivity contribution in [2.24, 2.45) is 0 Å². The lowest BCUT2D eigenvalue weighted by Crippen LogP contribution is -2.47. The van der Waals surface area contributed by atoms with E-state index in [1.807, 2.05) is 0 Å². The molecule has 0 spiro atoms. The minimum absolute atomic E-state index is 0.0368. The van der Waals surface area contributed by atoms with Crippen molar-refractivity contribution in [2.75, 3.05) is 11.9 Å². The first-order valence-corrected chi connectivity index (χ1v) is 5.60. The number of amides is 1. The van der Waals surface area contributed by atoms with E-state index < -0.39 is 17.6 Å². The van der Waals surface area contributed by atoms with Crippen molar-refractivity contribution >= 4 is 11.6 Å². The Kier molecular flexibility index (Phi) is 3.30. The maximum Gasteiger partial charge on any atom is 0.406 e. The first-order chi connectivity index (χ1) is 8.43. The monoisotopic (exact) mass is 258 g/mol. The lowest BCUT2D eigenvalue weighted by molar-refractivity contribution is -0.165. The molecule has 1 fully saturated rings. The Labute approximate surface area is 102 Å². The second kappa shape index (κ2) is 4.61. The number of benzene rings is 1. The van der Waals surface area contributed by atoms with Crippen LogP contribution in [0.1, 0.15) is 12.8 Å². The highest BCUT2D eigenvalue weighted by atomic mass is 19.4. The molecular formula is C12H13F3N2O. The maximum atomic E-state index is 12.6. The zero-order chi connectivity index (χ0) is 13.2. The van der Waals surface area contributed by atoms with Crippen LogP contribution in [0.4, 0.5) is 18.9 Å². The molecule has 3 nitrogen and oxygen atoms in total. The van der Waals surface area contributed by atoms with Gasteiger partial charge in [-0.3, -0.25) is 10.1 Å². The summed E-state index contributed by atoms with van der Waals surface area (Å²) >= 11 is 0. The molecule has 1 saturated carbocycles. The molecule has 98 valence electrons. The van der Waals surface area contributed by atoms with Gasteiger partial charge >= 0.3 is 6.18 Å². The molecule has 0 atom stereocenters. The molecule has 0 aromatic heterocycles. The lowest BCUT2D eigenvalue weighted by Gasteiger charge is -2.20. The molecule has 2 N–H and O–H groups in total. The van der Waals surface area contributed by atoms with E-state index in [9.17, 15) is 18.0 Å². The molecule has 0 saturated heterocycles. The molecule has 1 aromatic carbocycles. The van der Waals surface area contributed by atoms with E-state index in [-0.39, 0.29) is 19.4 Å². The van der Waals surface area contributed by atoms with Crippen LogP contribution in [0.15, 0.2) is 30.3 Å². The number of nitrogens with one attached hydrogen (secondary N) is 2. The molecule has 1 amide bonds. The van der Waals surface area contributed by atoms with Gasteiger partial charge in [0, 0.05) is 5.69 Å². The summed E-state index contributed by atoms with van der Waals surface area (Å²) in [6.45, 7) is -0.339. The van der Waals surface area contributed by atoms with Crippen molar-refractivity contribution in [3.63, 3.8) is 0 Å². The van der Waals surface area contributed by atoms with Crippen LogP contribution in [0.5, 0.6) is 0 Å². The Morgan fingerprint density at radius 2 is 1.83 bits per heavy atom. The third-order valence-electron chi connectivity index (χ3n) is 2.94. The molecule has 1 aliphatic carbocycles. The van der Waals surface area contributed by atoms with E-state index in [0.29, 0.717) is 5.69 Å². The highest BCUT2D eigenvalue weighted by Gasteiger charge is 2.63. The van der Waals surface area contributed by atoms with E-state index in [1.165, 1.54) is 0 Å². The molecule has 0 aliphatic heterocycles. The van der Waals surface area contributed by atoms with Gasteiger partial charge in [-0.2, -0.15) is 13.2 Å². The average molecular weight is 258 g/mol. The predicted molar refractivity (Wildman–Crippen MR) is 61.1 cm³/mol.